The zero-order valence-corrected chi connectivity index (χ0v) is 21.2. The first kappa shape index (κ1) is 28.4. The number of hydrogen-bond acceptors (Lipinski definition) is 6. The molecule has 0 unspecified atom stereocenters. The third-order valence-corrected chi connectivity index (χ3v) is 6.28. The number of aliphatic hydroxyl groups excluding tert-OH is 1. The van der Waals surface area contributed by atoms with E-state index in [1.165, 1.54) is 12.1 Å². The number of rotatable bonds is 9. The number of alkyl halides is 3. The van der Waals surface area contributed by atoms with Crippen LogP contribution in [0.2, 0.25) is 0 Å². The molecule has 11 heteroatoms. The molecule has 0 spiro atoms. The van der Waals surface area contributed by atoms with Gasteiger partial charge in [-0.25, -0.2) is 0 Å². The van der Waals surface area contributed by atoms with Crippen LogP contribution < -0.4 is 10.1 Å². The van der Waals surface area contributed by atoms with Crippen molar-refractivity contribution in [1.82, 2.24) is 14.8 Å². The number of nitrogens with one attached hydrogen (secondary N) is 1. The van der Waals surface area contributed by atoms with E-state index in [0.29, 0.717) is 25.4 Å². The van der Waals surface area contributed by atoms with E-state index in [1.54, 1.807) is 30.3 Å². The van der Waals surface area contributed by atoms with Crippen molar-refractivity contribution in [3.8, 4) is 5.75 Å². The second kappa shape index (κ2) is 12.4. The lowest BCUT2D eigenvalue weighted by Gasteiger charge is -2.38. The van der Waals surface area contributed by atoms with Crippen molar-refractivity contribution in [3.63, 3.8) is 0 Å². The highest BCUT2D eigenvalue weighted by atomic mass is 19.4. The third kappa shape index (κ3) is 8.16. The normalized spacial score (nSPS) is 19.0. The maximum Gasteiger partial charge on any atom is 0.389 e. The van der Waals surface area contributed by atoms with Crippen LogP contribution in [0.3, 0.4) is 0 Å². The Bertz CT molecular complexity index is 1070. The number of amides is 2. The minimum absolute atomic E-state index is 0.0762. The van der Waals surface area contributed by atoms with Gasteiger partial charge in [-0.15, -0.1) is 0 Å². The monoisotopic (exact) mass is 522 g/mol. The van der Waals surface area contributed by atoms with Crippen LogP contribution in [0.1, 0.15) is 42.6 Å². The molecular weight excluding hydrogens is 489 g/mol. The van der Waals surface area contributed by atoms with Crippen LogP contribution in [0.25, 0.3) is 0 Å². The predicted octanol–water partition coefficient (Wildman–Crippen LogP) is 3.71. The summed E-state index contributed by atoms with van der Waals surface area (Å²) in [4.78, 5) is 33.2. The molecule has 0 saturated carbocycles. The Morgan fingerprint density at radius 1 is 1.30 bits per heavy atom. The third-order valence-electron chi connectivity index (χ3n) is 6.28. The summed E-state index contributed by atoms with van der Waals surface area (Å²) in [6.45, 7) is 5.02. The molecule has 3 atom stereocenters. The number of halogens is 3. The molecule has 8 nitrogen and oxygen atoms in total. The summed E-state index contributed by atoms with van der Waals surface area (Å²) in [6.07, 6.45) is -3.24. The summed E-state index contributed by atoms with van der Waals surface area (Å²) < 4.78 is 43.7. The molecule has 2 amide bonds. The Kier molecular flexibility index (Phi) is 9.50. The lowest BCUT2D eigenvalue weighted by molar-refractivity contribution is -0.142. The van der Waals surface area contributed by atoms with E-state index in [2.05, 4.69) is 15.2 Å². The van der Waals surface area contributed by atoms with Gasteiger partial charge in [-0.2, -0.15) is 13.2 Å². The van der Waals surface area contributed by atoms with Gasteiger partial charge in [0.2, 0.25) is 5.91 Å². The Morgan fingerprint density at radius 2 is 2.00 bits per heavy atom. The smallest absolute Gasteiger partial charge is 0.389 e. The molecule has 0 fully saturated rings. The van der Waals surface area contributed by atoms with Gasteiger partial charge in [0.1, 0.15) is 11.9 Å². The van der Waals surface area contributed by atoms with Crippen molar-refractivity contribution < 1.29 is 32.6 Å². The molecule has 0 aliphatic carbocycles. The predicted molar refractivity (Wildman–Crippen MR) is 132 cm³/mol. The molecule has 1 aromatic heterocycles. The van der Waals surface area contributed by atoms with E-state index in [9.17, 15) is 27.9 Å². The van der Waals surface area contributed by atoms with Crippen LogP contribution in [0.15, 0.2) is 42.7 Å². The molecule has 1 aliphatic heterocycles. The molecule has 3 rings (SSSR count). The van der Waals surface area contributed by atoms with Crippen LogP contribution in [-0.2, 0) is 11.3 Å². The second-order valence-corrected chi connectivity index (χ2v) is 9.55. The van der Waals surface area contributed by atoms with Crippen LogP contribution in [0.4, 0.5) is 18.9 Å². The summed E-state index contributed by atoms with van der Waals surface area (Å²) in [7, 11) is 1.97. The largest absolute Gasteiger partial charge is 0.488 e. The van der Waals surface area contributed by atoms with Crippen LogP contribution in [0, 0.1) is 5.92 Å². The average molecular weight is 523 g/mol. The van der Waals surface area contributed by atoms with E-state index in [1.807, 2.05) is 26.1 Å². The van der Waals surface area contributed by atoms with E-state index in [-0.39, 0.29) is 29.9 Å². The van der Waals surface area contributed by atoms with Gasteiger partial charge in [0.05, 0.1) is 24.6 Å². The number of carbonyl (C=O) groups is 2. The number of likely N-dealkylation sites (N-methyl/N-ethyl adjacent to an activating group) is 1. The number of ether oxygens (including phenoxy) is 1. The summed E-state index contributed by atoms with van der Waals surface area (Å²) in [5, 5.41) is 12.2. The van der Waals surface area contributed by atoms with E-state index >= 15 is 0 Å². The number of pyridine rings is 1. The fraction of sp³-hybridized carbons (Fsp3) is 0.500. The highest BCUT2D eigenvalue weighted by Crippen LogP contribution is 2.31. The molecule has 0 radical (unpaired) electrons. The van der Waals surface area contributed by atoms with Gasteiger partial charge >= 0.3 is 6.18 Å². The number of hydrogen-bond donors (Lipinski definition) is 2. The first-order valence-electron chi connectivity index (χ1n) is 12.1. The van der Waals surface area contributed by atoms with Gasteiger partial charge in [0, 0.05) is 50.1 Å². The summed E-state index contributed by atoms with van der Waals surface area (Å²) in [5.41, 5.74) is 1.45. The Morgan fingerprint density at radius 3 is 2.65 bits per heavy atom. The fourth-order valence-corrected chi connectivity index (χ4v) is 4.17. The van der Waals surface area contributed by atoms with Crippen LogP contribution in [0.5, 0.6) is 5.75 Å². The van der Waals surface area contributed by atoms with E-state index in [4.69, 9.17) is 4.74 Å². The van der Waals surface area contributed by atoms with Crippen molar-refractivity contribution >= 4 is 17.5 Å². The number of carbonyl (C=O) groups excluding carboxylic acids is 2. The lowest BCUT2D eigenvalue weighted by Crippen LogP contribution is -2.49. The van der Waals surface area contributed by atoms with Gasteiger partial charge in [-0.3, -0.25) is 19.5 Å². The molecule has 0 bridgehead atoms. The molecule has 0 saturated heterocycles. The standard InChI is InChI=1S/C26H33F3N4O4/c1-17-13-33(18(2)16-34)25(36)21-12-20(31-24(35)6-9-26(27,28)29)4-5-22(21)37-23(17)15-32(3)14-19-7-10-30-11-8-19/h4-5,7-8,10-12,17-18,23,34H,6,9,13-16H2,1-3H3,(H,31,35)/t17-,18-,23-/m1/s1. The molecule has 2 aromatic rings. The van der Waals surface area contributed by atoms with Gasteiger partial charge in [-0.05, 0) is 49.9 Å². The molecule has 2 N–H and O–H groups in total. The van der Waals surface area contributed by atoms with Gasteiger partial charge in [-0.1, -0.05) is 6.92 Å². The summed E-state index contributed by atoms with van der Waals surface area (Å²) in [5.74, 6) is -0.963. The van der Waals surface area contributed by atoms with Crippen LogP contribution >= 0.6 is 0 Å². The summed E-state index contributed by atoms with van der Waals surface area (Å²) in [6, 6.07) is 7.85. The molecule has 1 aromatic carbocycles. The fourth-order valence-electron chi connectivity index (χ4n) is 4.17. The topological polar surface area (TPSA) is 95.0 Å². The number of anilines is 1. The minimum atomic E-state index is -4.44. The molecule has 2 heterocycles. The Hall–Kier alpha value is -3.18. The van der Waals surface area contributed by atoms with Crippen molar-refractivity contribution in [2.24, 2.45) is 5.92 Å². The SMILES string of the molecule is C[C@@H]1CN([C@H](C)CO)C(=O)c2cc(NC(=O)CCC(F)(F)F)ccc2O[C@@H]1CN(C)Cc1ccncc1. The highest BCUT2D eigenvalue weighted by Gasteiger charge is 2.34. The molecule has 37 heavy (non-hydrogen) atoms. The zero-order valence-electron chi connectivity index (χ0n) is 21.2. The zero-order chi connectivity index (χ0) is 27.2. The molecular formula is C26H33F3N4O4. The number of fused-ring (bicyclic) bond motifs is 1. The lowest BCUT2D eigenvalue weighted by atomic mass is 9.99. The van der Waals surface area contributed by atoms with Gasteiger partial charge in [0.15, 0.2) is 0 Å². The molecule has 1 aliphatic rings. The maximum atomic E-state index is 13.5. The number of benzene rings is 1. The Balaban J connectivity index is 1.84. The van der Waals surface area contributed by atoms with E-state index < -0.39 is 36.9 Å². The van der Waals surface area contributed by atoms with Gasteiger partial charge in [0.25, 0.3) is 5.91 Å². The Labute approximate surface area is 214 Å². The molecule has 202 valence electrons. The first-order chi connectivity index (χ1) is 17.5. The average Bonchev–Trinajstić information content (AvgIpc) is 2.85. The highest BCUT2D eigenvalue weighted by molar-refractivity contribution is 5.99. The quantitative estimate of drug-likeness (QED) is 0.522. The number of nitrogens with zero attached hydrogens (tertiary/aromatic N) is 3. The second-order valence-electron chi connectivity index (χ2n) is 9.55. The minimum Gasteiger partial charge on any atom is -0.488 e. The first-order valence-corrected chi connectivity index (χ1v) is 12.1. The number of aromatic nitrogens is 1. The van der Waals surface area contributed by atoms with Crippen molar-refractivity contribution in [3.05, 3.63) is 53.9 Å². The van der Waals surface area contributed by atoms with Crippen molar-refractivity contribution in [2.45, 2.75) is 51.6 Å². The number of aliphatic hydroxyl groups is 1. The van der Waals surface area contributed by atoms with Crippen LogP contribution in [-0.4, -0.2) is 76.8 Å². The van der Waals surface area contributed by atoms with E-state index in [0.717, 1.165) is 5.56 Å². The van der Waals surface area contributed by atoms with Crippen molar-refractivity contribution in [1.29, 1.82) is 0 Å². The maximum absolute atomic E-state index is 13.5. The summed E-state index contributed by atoms with van der Waals surface area (Å²) >= 11 is 0. The van der Waals surface area contributed by atoms with Crippen molar-refractivity contribution in [2.75, 3.05) is 32.1 Å². The van der Waals surface area contributed by atoms with Gasteiger partial charge < -0.3 is 20.1 Å².